The van der Waals surface area contributed by atoms with Crippen LogP contribution in [0.2, 0.25) is 5.02 Å². The number of nitrogens with two attached hydrogens (primary N) is 1. The van der Waals surface area contributed by atoms with Gasteiger partial charge in [0.25, 0.3) is 0 Å². The molecule has 0 bridgehead atoms. The lowest BCUT2D eigenvalue weighted by atomic mass is 10.1. The highest BCUT2D eigenvalue weighted by atomic mass is 35.5. The lowest BCUT2D eigenvalue weighted by molar-refractivity contribution is 0.793. The molecular weight excluding hydrogens is 282 g/mol. The zero-order chi connectivity index (χ0) is 14.8. The van der Waals surface area contributed by atoms with Crippen LogP contribution >= 0.6 is 11.6 Å². The Morgan fingerprint density at radius 1 is 1.14 bits per heavy atom. The fourth-order valence-corrected chi connectivity index (χ4v) is 2.58. The van der Waals surface area contributed by atoms with Gasteiger partial charge in [0, 0.05) is 0 Å². The number of halogens is 1. The van der Waals surface area contributed by atoms with Crippen molar-refractivity contribution in [1.29, 1.82) is 0 Å². The first-order valence-electron chi connectivity index (χ1n) is 6.76. The number of rotatable bonds is 3. The summed E-state index contributed by atoms with van der Waals surface area (Å²) < 4.78 is 1.95. The Bertz CT molecular complexity index is 750. The Morgan fingerprint density at radius 3 is 2.67 bits per heavy atom. The second kappa shape index (κ2) is 5.72. The van der Waals surface area contributed by atoms with Crippen LogP contribution in [0.15, 0.2) is 61.1 Å². The van der Waals surface area contributed by atoms with Crippen LogP contribution in [0.4, 0.5) is 0 Å². The van der Waals surface area contributed by atoms with Crippen LogP contribution in [0.25, 0.3) is 5.69 Å². The van der Waals surface area contributed by atoms with Crippen LogP contribution < -0.4 is 5.73 Å². The average Bonchev–Trinajstić information content (AvgIpc) is 2.99. The molecule has 0 spiro atoms. The molecule has 1 aromatic heterocycles. The van der Waals surface area contributed by atoms with Crippen molar-refractivity contribution in [2.75, 3.05) is 0 Å². The van der Waals surface area contributed by atoms with E-state index in [2.05, 4.69) is 4.98 Å². The van der Waals surface area contributed by atoms with Gasteiger partial charge >= 0.3 is 0 Å². The summed E-state index contributed by atoms with van der Waals surface area (Å²) in [6, 6.07) is 15.6. The van der Waals surface area contributed by atoms with Gasteiger partial charge in [-0.05, 0) is 30.2 Å². The maximum absolute atomic E-state index is 6.38. The average molecular weight is 298 g/mol. The Morgan fingerprint density at radius 2 is 1.90 bits per heavy atom. The number of aromatic nitrogens is 2. The van der Waals surface area contributed by atoms with Gasteiger partial charge in [0.05, 0.1) is 35.0 Å². The van der Waals surface area contributed by atoms with Crippen molar-refractivity contribution in [3.05, 3.63) is 82.9 Å². The summed E-state index contributed by atoms with van der Waals surface area (Å²) in [5.74, 6) is 0. The molecule has 0 amide bonds. The molecule has 0 aliphatic rings. The first-order valence-corrected chi connectivity index (χ1v) is 7.14. The Balaban J connectivity index is 2.07. The molecule has 0 aliphatic carbocycles. The molecule has 0 radical (unpaired) electrons. The largest absolute Gasteiger partial charge is 0.319 e. The van der Waals surface area contributed by atoms with Crippen molar-refractivity contribution in [3.8, 4) is 5.69 Å². The van der Waals surface area contributed by atoms with Gasteiger partial charge < -0.3 is 5.73 Å². The van der Waals surface area contributed by atoms with E-state index in [4.69, 9.17) is 17.3 Å². The molecule has 4 heteroatoms. The fraction of sp³-hybridized carbons (Fsp3) is 0.118. The number of benzene rings is 2. The van der Waals surface area contributed by atoms with Crippen molar-refractivity contribution >= 4 is 11.6 Å². The van der Waals surface area contributed by atoms with Crippen molar-refractivity contribution in [1.82, 2.24) is 9.55 Å². The minimum atomic E-state index is -0.245. The van der Waals surface area contributed by atoms with Crippen molar-refractivity contribution in [2.45, 2.75) is 13.0 Å². The van der Waals surface area contributed by atoms with Gasteiger partial charge in [-0.15, -0.1) is 0 Å². The zero-order valence-electron chi connectivity index (χ0n) is 11.7. The molecule has 2 N–H and O–H groups in total. The summed E-state index contributed by atoms with van der Waals surface area (Å²) in [4.78, 5) is 4.24. The van der Waals surface area contributed by atoms with Gasteiger partial charge in [0.2, 0.25) is 0 Å². The predicted molar refractivity (Wildman–Crippen MR) is 85.8 cm³/mol. The van der Waals surface area contributed by atoms with E-state index >= 15 is 0 Å². The first kappa shape index (κ1) is 13.9. The van der Waals surface area contributed by atoms with Crippen molar-refractivity contribution in [2.24, 2.45) is 5.73 Å². The van der Waals surface area contributed by atoms with Crippen LogP contribution in [0.1, 0.15) is 22.9 Å². The molecule has 0 saturated carbocycles. The fourth-order valence-electron chi connectivity index (χ4n) is 2.38. The minimum absolute atomic E-state index is 0.245. The molecule has 3 nitrogen and oxygen atoms in total. The van der Waals surface area contributed by atoms with Crippen molar-refractivity contribution < 1.29 is 0 Å². The molecule has 3 rings (SSSR count). The summed E-state index contributed by atoms with van der Waals surface area (Å²) in [7, 11) is 0. The smallest absolute Gasteiger partial charge is 0.0995 e. The third kappa shape index (κ3) is 2.71. The van der Waals surface area contributed by atoms with Gasteiger partial charge in [-0.25, -0.2) is 4.98 Å². The summed E-state index contributed by atoms with van der Waals surface area (Å²) in [6.07, 6.45) is 3.54. The molecule has 106 valence electrons. The van der Waals surface area contributed by atoms with Crippen LogP contribution in [-0.2, 0) is 0 Å². The lowest BCUT2D eigenvalue weighted by Gasteiger charge is -2.16. The van der Waals surface area contributed by atoms with E-state index in [-0.39, 0.29) is 6.04 Å². The summed E-state index contributed by atoms with van der Waals surface area (Å²) in [5.41, 5.74) is 10.4. The molecular formula is C17H16ClN3. The Kier molecular flexibility index (Phi) is 3.78. The Labute approximate surface area is 129 Å². The molecule has 1 atom stereocenters. The highest BCUT2D eigenvalue weighted by molar-refractivity contribution is 6.32. The normalized spacial score (nSPS) is 12.3. The molecule has 1 unspecified atom stereocenters. The third-order valence-electron chi connectivity index (χ3n) is 3.51. The van der Waals surface area contributed by atoms with Gasteiger partial charge in [0.15, 0.2) is 0 Å². The molecule has 3 aromatic rings. The molecule has 2 aromatic carbocycles. The molecule has 0 aliphatic heterocycles. The molecule has 1 heterocycles. The van der Waals surface area contributed by atoms with Crippen LogP contribution in [0.5, 0.6) is 0 Å². The van der Waals surface area contributed by atoms with E-state index < -0.39 is 0 Å². The predicted octanol–water partition coefficient (Wildman–Crippen LogP) is 3.88. The quantitative estimate of drug-likeness (QED) is 0.797. The number of imidazole rings is 1. The van der Waals surface area contributed by atoms with Crippen LogP contribution in [0.3, 0.4) is 0 Å². The molecule has 0 fully saturated rings. The van der Waals surface area contributed by atoms with E-state index in [1.807, 2.05) is 60.0 Å². The monoisotopic (exact) mass is 297 g/mol. The van der Waals surface area contributed by atoms with Crippen LogP contribution in [0, 0.1) is 6.92 Å². The highest BCUT2D eigenvalue weighted by Gasteiger charge is 2.16. The Hall–Kier alpha value is -2.10. The van der Waals surface area contributed by atoms with E-state index in [0.29, 0.717) is 5.02 Å². The second-order valence-corrected chi connectivity index (χ2v) is 5.44. The van der Waals surface area contributed by atoms with Crippen molar-refractivity contribution in [3.63, 3.8) is 0 Å². The summed E-state index contributed by atoms with van der Waals surface area (Å²) >= 11 is 6.32. The summed E-state index contributed by atoms with van der Waals surface area (Å²) in [5, 5.41) is 0.681. The summed E-state index contributed by atoms with van der Waals surface area (Å²) in [6.45, 7) is 2.04. The second-order valence-electron chi connectivity index (χ2n) is 5.03. The van der Waals surface area contributed by atoms with E-state index in [1.54, 1.807) is 12.5 Å². The molecule has 0 saturated heterocycles. The lowest BCUT2D eigenvalue weighted by Crippen LogP contribution is -2.16. The number of hydrogen-bond acceptors (Lipinski definition) is 2. The van der Waals surface area contributed by atoms with Gasteiger partial charge in [-0.2, -0.15) is 0 Å². The van der Waals surface area contributed by atoms with Gasteiger partial charge in [-0.1, -0.05) is 48.0 Å². The third-order valence-corrected chi connectivity index (χ3v) is 3.83. The molecule has 21 heavy (non-hydrogen) atoms. The highest BCUT2D eigenvalue weighted by Crippen LogP contribution is 2.27. The topological polar surface area (TPSA) is 43.8 Å². The number of nitrogens with zero attached hydrogens (tertiary/aromatic N) is 2. The maximum atomic E-state index is 6.38. The SMILES string of the molecule is Cc1ccc(Cl)c(-n2cncc2C(N)c2ccccc2)c1. The van der Waals surface area contributed by atoms with Crippen LogP contribution in [-0.4, -0.2) is 9.55 Å². The van der Waals surface area contributed by atoms with E-state index in [0.717, 1.165) is 22.5 Å². The maximum Gasteiger partial charge on any atom is 0.0995 e. The van der Waals surface area contributed by atoms with E-state index in [1.165, 1.54) is 0 Å². The number of hydrogen-bond donors (Lipinski definition) is 1. The first-order chi connectivity index (χ1) is 10.2. The standard InChI is InChI=1S/C17H16ClN3/c1-12-7-8-14(18)15(9-12)21-11-20-10-16(21)17(19)13-5-3-2-4-6-13/h2-11,17H,19H2,1H3. The van der Waals surface area contributed by atoms with Gasteiger partial charge in [0.1, 0.15) is 0 Å². The number of aryl methyl sites for hydroxylation is 1. The van der Waals surface area contributed by atoms with Gasteiger partial charge in [-0.3, -0.25) is 4.57 Å². The van der Waals surface area contributed by atoms with E-state index in [9.17, 15) is 0 Å². The zero-order valence-corrected chi connectivity index (χ0v) is 12.5. The minimum Gasteiger partial charge on any atom is -0.319 e.